The van der Waals surface area contributed by atoms with Crippen molar-refractivity contribution < 1.29 is 9.21 Å². The van der Waals surface area contributed by atoms with Crippen molar-refractivity contribution in [3.8, 4) is 22.5 Å². The normalized spacial score (nSPS) is 14.8. The molecule has 1 fully saturated rings. The molecule has 7 heteroatoms. The van der Waals surface area contributed by atoms with E-state index in [-0.39, 0.29) is 29.7 Å². The summed E-state index contributed by atoms with van der Waals surface area (Å²) in [4.78, 5) is 29.2. The molecule has 168 valence electrons. The van der Waals surface area contributed by atoms with Gasteiger partial charge in [-0.1, -0.05) is 54.6 Å². The SMILES string of the molecule is Cn1c(CCC(N)=O)nc2oc(-c3ccc(C4(N)CCC4)cc3)c(-c3ccccc3)c2c1=O. The number of fused-ring (bicyclic) bond motifs is 1. The van der Waals surface area contributed by atoms with Gasteiger partial charge >= 0.3 is 0 Å². The quantitative estimate of drug-likeness (QED) is 0.473. The van der Waals surface area contributed by atoms with Crippen LogP contribution in [0.5, 0.6) is 0 Å². The van der Waals surface area contributed by atoms with Crippen LogP contribution in [0.3, 0.4) is 0 Å². The maximum absolute atomic E-state index is 13.4. The average molecular weight is 443 g/mol. The van der Waals surface area contributed by atoms with Crippen molar-refractivity contribution in [3.63, 3.8) is 0 Å². The number of amides is 1. The van der Waals surface area contributed by atoms with Gasteiger partial charge in [0.05, 0.1) is 0 Å². The van der Waals surface area contributed by atoms with Gasteiger partial charge in [0.2, 0.25) is 11.6 Å². The first-order chi connectivity index (χ1) is 15.9. The summed E-state index contributed by atoms with van der Waals surface area (Å²) in [7, 11) is 1.65. The van der Waals surface area contributed by atoms with Crippen LogP contribution in [-0.4, -0.2) is 15.5 Å². The van der Waals surface area contributed by atoms with E-state index in [1.165, 1.54) is 4.57 Å². The summed E-state index contributed by atoms with van der Waals surface area (Å²) < 4.78 is 7.68. The van der Waals surface area contributed by atoms with Crippen molar-refractivity contribution in [1.29, 1.82) is 0 Å². The fraction of sp³-hybridized carbons (Fsp3) is 0.269. The first kappa shape index (κ1) is 21.2. The van der Waals surface area contributed by atoms with Crippen LogP contribution in [-0.2, 0) is 23.8 Å². The van der Waals surface area contributed by atoms with E-state index in [0.717, 1.165) is 36.0 Å². The maximum atomic E-state index is 13.4. The molecule has 1 saturated carbocycles. The highest BCUT2D eigenvalue weighted by atomic mass is 16.3. The van der Waals surface area contributed by atoms with Crippen LogP contribution in [0.15, 0.2) is 63.8 Å². The molecule has 4 aromatic rings. The van der Waals surface area contributed by atoms with Gasteiger partial charge in [-0.05, 0) is 30.4 Å². The smallest absolute Gasteiger partial charge is 0.265 e. The van der Waals surface area contributed by atoms with Gasteiger partial charge in [0.25, 0.3) is 5.56 Å². The minimum atomic E-state index is -0.446. The topological polar surface area (TPSA) is 117 Å². The zero-order chi connectivity index (χ0) is 23.2. The third-order valence-electron chi connectivity index (χ3n) is 6.65. The van der Waals surface area contributed by atoms with Crippen molar-refractivity contribution in [1.82, 2.24) is 9.55 Å². The van der Waals surface area contributed by atoms with Crippen molar-refractivity contribution in [2.45, 2.75) is 37.6 Å². The summed E-state index contributed by atoms with van der Waals surface area (Å²) in [6.07, 6.45) is 3.49. The summed E-state index contributed by atoms with van der Waals surface area (Å²) in [5.41, 5.74) is 15.1. The number of hydrogen-bond acceptors (Lipinski definition) is 5. The summed E-state index contributed by atoms with van der Waals surface area (Å²) in [5, 5.41) is 0.417. The predicted octanol–water partition coefficient (Wildman–Crippen LogP) is 3.62. The zero-order valence-electron chi connectivity index (χ0n) is 18.5. The lowest BCUT2D eigenvalue weighted by Gasteiger charge is -2.38. The average Bonchev–Trinajstić information content (AvgIpc) is 3.19. The minimum absolute atomic E-state index is 0.104. The van der Waals surface area contributed by atoms with E-state index in [0.29, 0.717) is 22.5 Å². The van der Waals surface area contributed by atoms with Crippen LogP contribution in [0.1, 0.15) is 37.1 Å². The zero-order valence-corrected chi connectivity index (χ0v) is 18.5. The van der Waals surface area contributed by atoms with Gasteiger partial charge in [-0.3, -0.25) is 14.2 Å². The summed E-state index contributed by atoms with van der Waals surface area (Å²) >= 11 is 0. The van der Waals surface area contributed by atoms with E-state index in [1.807, 2.05) is 54.6 Å². The van der Waals surface area contributed by atoms with Crippen LogP contribution < -0.4 is 17.0 Å². The van der Waals surface area contributed by atoms with Gasteiger partial charge in [0.1, 0.15) is 17.0 Å². The summed E-state index contributed by atoms with van der Waals surface area (Å²) in [6.45, 7) is 0. The lowest BCUT2D eigenvalue weighted by atomic mass is 9.72. The first-order valence-electron chi connectivity index (χ1n) is 11.1. The molecule has 0 atom stereocenters. The summed E-state index contributed by atoms with van der Waals surface area (Å²) in [6, 6.07) is 17.7. The lowest BCUT2D eigenvalue weighted by molar-refractivity contribution is -0.118. The molecule has 0 unspecified atom stereocenters. The van der Waals surface area contributed by atoms with E-state index >= 15 is 0 Å². The lowest BCUT2D eigenvalue weighted by Crippen LogP contribution is -2.43. The molecule has 0 saturated heterocycles. The Bertz CT molecular complexity index is 1400. The van der Waals surface area contributed by atoms with Crippen LogP contribution >= 0.6 is 0 Å². The second kappa shape index (κ2) is 8.01. The van der Waals surface area contributed by atoms with Crippen LogP contribution in [0.25, 0.3) is 33.6 Å². The second-order valence-corrected chi connectivity index (χ2v) is 8.80. The predicted molar refractivity (Wildman–Crippen MR) is 127 cm³/mol. The van der Waals surface area contributed by atoms with E-state index in [4.69, 9.17) is 15.9 Å². The fourth-order valence-electron chi connectivity index (χ4n) is 4.52. The molecular formula is C26H26N4O3. The molecule has 1 aliphatic carbocycles. The number of carbonyl (C=O) groups excluding carboxylic acids is 1. The number of hydrogen-bond donors (Lipinski definition) is 2. The highest BCUT2D eigenvalue weighted by Crippen LogP contribution is 2.42. The molecule has 0 bridgehead atoms. The van der Waals surface area contributed by atoms with Gasteiger partial charge < -0.3 is 15.9 Å². The van der Waals surface area contributed by atoms with Gasteiger partial charge in [0, 0.05) is 36.6 Å². The molecule has 1 amide bonds. The number of aromatic nitrogens is 2. The molecule has 4 N–H and O–H groups in total. The number of primary amides is 1. The standard InChI is InChI=1S/C26H26N4O3/c1-30-20(13-12-19(27)31)29-24-22(25(30)32)21(16-6-3-2-4-7-16)23(33-24)17-8-10-18(11-9-17)26(28)14-5-15-26/h2-4,6-11H,5,12-15,28H2,1H3,(H2,27,31). The van der Waals surface area contributed by atoms with E-state index in [2.05, 4.69) is 4.98 Å². The number of aryl methyl sites for hydroxylation is 1. The molecule has 7 nitrogen and oxygen atoms in total. The van der Waals surface area contributed by atoms with Crippen molar-refractivity contribution in [3.05, 3.63) is 76.3 Å². The molecule has 0 aliphatic heterocycles. The molecule has 2 heterocycles. The molecule has 2 aromatic heterocycles. The molecule has 1 aliphatic rings. The van der Waals surface area contributed by atoms with Crippen molar-refractivity contribution in [2.24, 2.45) is 18.5 Å². The maximum Gasteiger partial charge on any atom is 0.265 e. The first-order valence-corrected chi connectivity index (χ1v) is 11.1. The highest BCUT2D eigenvalue weighted by molar-refractivity contribution is 6.00. The number of nitrogens with two attached hydrogens (primary N) is 2. The Balaban J connectivity index is 1.70. The number of benzene rings is 2. The Kier molecular flexibility index (Phi) is 5.13. The largest absolute Gasteiger partial charge is 0.437 e. The fourth-order valence-corrected chi connectivity index (χ4v) is 4.52. The van der Waals surface area contributed by atoms with Gasteiger partial charge in [0.15, 0.2) is 0 Å². The van der Waals surface area contributed by atoms with E-state index in [9.17, 15) is 9.59 Å². The van der Waals surface area contributed by atoms with Crippen LogP contribution in [0, 0.1) is 0 Å². The summed E-state index contributed by atoms with van der Waals surface area (Å²) in [5.74, 6) is 0.592. The Hall–Kier alpha value is -3.71. The van der Waals surface area contributed by atoms with Crippen LogP contribution in [0.4, 0.5) is 0 Å². The van der Waals surface area contributed by atoms with Crippen LogP contribution in [0.2, 0.25) is 0 Å². The molecule has 0 radical (unpaired) electrons. The van der Waals surface area contributed by atoms with E-state index < -0.39 is 5.91 Å². The Labute approximate surface area is 191 Å². The second-order valence-electron chi connectivity index (χ2n) is 8.80. The third-order valence-corrected chi connectivity index (χ3v) is 6.65. The number of nitrogens with zero attached hydrogens (tertiary/aromatic N) is 2. The van der Waals surface area contributed by atoms with Gasteiger partial charge in [-0.25, -0.2) is 0 Å². The highest BCUT2D eigenvalue weighted by Gasteiger charge is 2.34. The molecule has 0 spiro atoms. The number of carbonyl (C=O) groups is 1. The molecular weight excluding hydrogens is 416 g/mol. The molecule has 33 heavy (non-hydrogen) atoms. The monoisotopic (exact) mass is 442 g/mol. The third kappa shape index (κ3) is 3.64. The Morgan fingerprint density at radius 3 is 2.39 bits per heavy atom. The van der Waals surface area contributed by atoms with Crippen molar-refractivity contribution >= 4 is 17.0 Å². The Morgan fingerprint density at radius 1 is 1.09 bits per heavy atom. The van der Waals surface area contributed by atoms with Crippen molar-refractivity contribution in [2.75, 3.05) is 0 Å². The number of rotatable bonds is 6. The van der Waals surface area contributed by atoms with Gasteiger partial charge in [-0.2, -0.15) is 4.98 Å². The Morgan fingerprint density at radius 2 is 1.79 bits per heavy atom. The minimum Gasteiger partial charge on any atom is -0.437 e. The number of furan rings is 1. The van der Waals surface area contributed by atoms with Gasteiger partial charge in [-0.15, -0.1) is 0 Å². The van der Waals surface area contributed by atoms with E-state index in [1.54, 1.807) is 7.05 Å². The molecule has 5 rings (SSSR count). The molecule has 2 aromatic carbocycles.